The Kier molecular flexibility index (Phi) is 2.43. The van der Waals surface area contributed by atoms with Crippen molar-refractivity contribution in [3.63, 3.8) is 0 Å². The molecule has 84 valence electrons. The van der Waals surface area contributed by atoms with E-state index in [-0.39, 0.29) is 5.91 Å². The predicted molar refractivity (Wildman–Crippen MR) is 63.2 cm³/mol. The van der Waals surface area contributed by atoms with Crippen LogP contribution in [0.25, 0.3) is 0 Å². The second-order valence-electron chi connectivity index (χ2n) is 4.91. The van der Waals surface area contributed by atoms with Gasteiger partial charge in [-0.2, -0.15) is 0 Å². The highest BCUT2D eigenvalue weighted by molar-refractivity contribution is 5.94. The van der Waals surface area contributed by atoms with Crippen LogP contribution in [0.3, 0.4) is 0 Å². The number of carbonyl (C=O) groups excluding carboxylic acids is 1. The molecule has 1 aromatic carbocycles. The molecule has 2 nitrogen and oxygen atoms in total. The minimum Gasteiger partial charge on any atom is -0.335 e. The molecule has 0 spiro atoms. The van der Waals surface area contributed by atoms with Gasteiger partial charge in [-0.3, -0.25) is 4.79 Å². The zero-order valence-electron chi connectivity index (χ0n) is 9.43. The smallest absolute Gasteiger partial charge is 0.254 e. The lowest BCUT2D eigenvalue weighted by Crippen LogP contribution is -2.36. The van der Waals surface area contributed by atoms with Gasteiger partial charge in [0.1, 0.15) is 0 Å². The number of nitrogens with zero attached hydrogens (tertiary/aromatic N) is 1. The molecule has 2 fully saturated rings. The van der Waals surface area contributed by atoms with Crippen molar-refractivity contribution in [2.75, 3.05) is 6.54 Å². The molecule has 1 aromatic rings. The van der Waals surface area contributed by atoms with E-state index in [1.54, 1.807) is 0 Å². The Morgan fingerprint density at radius 1 is 1.12 bits per heavy atom. The highest BCUT2D eigenvalue weighted by atomic mass is 16.2. The normalized spacial score (nSPS) is 24.8. The molecule has 1 saturated heterocycles. The number of likely N-dealkylation sites (tertiary alicyclic amines) is 1. The van der Waals surface area contributed by atoms with Crippen LogP contribution in [0.15, 0.2) is 30.3 Å². The van der Waals surface area contributed by atoms with Gasteiger partial charge in [0.25, 0.3) is 5.91 Å². The molecule has 1 aliphatic carbocycles. The summed E-state index contributed by atoms with van der Waals surface area (Å²) in [5, 5.41) is 0. The van der Waals surface area contributed by atoms with Gasteiger partial charge in [-0.05, 0) is 43.7 Å². The third-order valence-corrected chi connectivity index (χ3v) is 3.75. The summed E-state index contributed by atoms with van der Waals surface area (Å²) in [6, 6.07) is 10.2. The van der Waals surface area contributed by atoms with E-state index in [1.807, 2.05) is 30.3 Å². The number of rotatable bonds is 2. The third-order valence-electron chi connectivity index (χ3n) is 3.75. The lowest BCUT2D eigenvalue weighted by atomic mass is 10.1. The molecule has 1 amide bonds. The SMILES string of the molecule is O=C(c1ccccc1)N1CCCC1C1CC1. The molecular weight excluding hydrogens is 198 g/mol. The summed E-state index contributed by atoms with van der Waals surface area (Å²) in [5.74, 6) is 1.03. The molecular formula is C14H17NO. The molecule has 2 heteroatoms. The Hall–Kier alpha value is -1.31. The van der Waals surface area contributed by atoms with Crippen LogP contribution in [-0.2, 0) is 0 Å². The maximum absolute atomic E-state index is 12.3. The van der Waals surface area contributed by atoms with E-state index < -0.39 is 0 Å². The second kappa shape index (κ2) is 3.93. The van der Waals surface area contributed by atoms with Gasteiger partial charge in [0.15, 0.2) is 0 Å². The van der Waals surface area contributed by atoms with E-state index in [9.17, 15) is 4.79 Å². The maximum Gasteiger partial charge on any atom is 0.254 e. The summed E-state index contributed by atoms with van der Waals surface area (Å²) in [5.41, 5.74) is 0.843. The molecule has 1 unspecified atom stereocenters. The van der Waals surface area contributed by atoms with Gasteiger partial charge in [-0.1, -0.05) is 18.2 Å². The van der Waals surface area contributed by atoms with Crippen LogP contribution in [0.1, 0.15) is 36.0 Å². The lowest BCUT2D eigenvalue weighted by Gasteiger charge is -2.24. The van der Waals surface area contributed by atoms with Crippen LogP contribution >= 0.6 is 0 Å². The van der Waals surface area contributed by atoms with E-state index in [0.29, 0.717) is 6.04 Å². The van der Waals surface area contributed by atoms with Crippen molar-refractivity contribution < 1.29 is 4.79 Å². The summed E-state index contributed by atoms with van der Waals surface area (Å²) in [6.45, 7) is 0.953. The molecule has 0 radical (unpaired) electrons. The molecule has 1 heterocycles. The van der Waals surface area contributed by atoms with Gasteiger partial charge in [-0.15, -0.1) is 0 Å². The van der Waals surface area contributed by atoms with E-state index in [4.69, 9.17) is 0 Å². The molecule has 1 saturated carbocycles. The molecule has 0 aromatic heterocycles. The van der Waals surface area contributed by atoms with Crippen molar-refractivity contribution in [2.45, 2.75) is 31.7 Å². The number of hydrogen-bond acceptors (Lipinski definition) is 1. The van der Waals surface area contributed by atoms with Gasteiger partial charge in [-0.25, -0.2) is 0 Å². The van der Waals surface area contributed by atoms with Crippen molar-refractivity contribution in [1.82, 2.24) is 4.90 Å². The Bertz CT molecular complexity index is 383. The van der Waals surface area contributed by atoms with Crippen LogP contribution < -0.4 is 0 Å². The Morgan fingerprint density at radius 3 is 2.56 bits per heavy atom. The maximum atomic E-state index is 12.3. The van der Waals surface area contributed by atoms with Gasteiger partial charge >= 0.3 is 0 Å². The van der Waals surface area contributed by atoms with Crippen molar-refractivity contribution in [3.8, 4) is 0 Å². The van der Waals surface area contributed by atoms with Crippen molar-refractivity contribution in [2.24, 2.45) is 5.92 Å². The fraction of sp³-hybridized carbons (Fsp3) is 0.500. The minimum absolute atomic E-state index is 0.231. The van der Waals surface area contributed by atoms with Crippen molar-refractivity contribution >= 4 is 5.91 Å². The number of amides is 1. The van der Waals surface area contributed by atoms with Crippen LogP contribution in [0.2, 0.25) is 0 Å². The number of benzene rings is 1. The fourth-order valence-electron chi connectivity index (χ4n) is 2.76. The standard InChI is InChI=1S/C14H17NO/c16-14(12-5-2-1-3-6-12)15-10-4-7-13(15)11-8-9-11/h1-3,5-6,11,13H,4,7-10H2. The quantitative estimate of drug-likeness (QED) is 0.742. The van der Waals surface area contributed by atoms with E-state index in [1.165, 1.54) is 25.7 Å². The lowest BCUT2D eigenvalue weighted by molar-refractivity contribution is 0.0721. The summed E-state index contributed by atoms with van der Waals surface area (Å²) in [6.07, 6.45) is 5.04. The van der Waals surface area contributed by atoms with E-state index in [2.05, 4.69) is 4.90 Å². The van der Waals surface area contributed by atoms with E-state index in [0.717, 1.165) is 18.0 Å². The van der Waals surface area contributed by atoms with Gasteiger partial charge < -0.3 is 4.90 Å². The summed E-state index contributed by atoms with van der Waals surface area (Å²) in [4.78, 5) is 14.4. The Balaban J connectivity index is 1.79. The zero-order chi connectivity index (χ0) is 11.0. The highest BCUT2D eigenvalue weighted by Gasteiger charge is 2.40. The predicted octanol–water partition coefficient (Wildman–Crippen LogP) is 2.70. The van der Waals surface area contributed by atoms with Gasteiger partial charge in [0, 0.05) is 18.2 Å². The third kappa shape index (κ3) is 1.73. The van der Waals surface area contributed by atoms with E-state index >= 15 is 0 Å². The van der Waals surface area contributed by atoms with Crippen LogP contribution in [0.5, 0.6) is 0 Å². The first-order valence-corrected chi connectivity index (χ1v) is 6.22. The largest absolute Gasteiger partial charge is 0.335 e. The molecule has 1 aliphatic heterocycles. The monoisotopic (exact) mass is 215 g/mol. The zero-order valence-corrected chi connectivity index (χ0v) is 9.43. The average Bonchev–Trinajstić information content (AvgIpc) is 3.07. The minimum atomic E-state index is 0.231. The fourth-order valence-corrected chi connectivity index (χ4v) is 2.76. The first kappa shape index (κ1) is 9.88. The number of hydrogen-bond donors (Lipinski definition) is 0. The van der Waals surface area contributed by atoms with Crippen LogP contribution in [-0.4, -0.2) is 23.4 Å². The first-order chi connectivity index (χ1) is 7.86. The van der Waals surface area contributed by atoms with Crippen molar-refractivity contribution in [3.05, 3.63) is 35.9 Å². The summed E-state index contributed by atoms with van der Waals surface area (Å²) >= 11 is 0. The molecule has 2 aliphatic rings. The van der Waals surface area contributed by atoms with Crippen LogP contribution in [0, 0.1) is 5.92 Å². The molecule has 3 rings (SSSR count). The first-order valence-electron chi connectivity index (χ1n) is 6.22. The molecule has 1 atom stereocenters. The van der Waals surface area contributed by atoms with Gasteiger partial charge in [0.2, 0.25) is 0 Å². The summed E-state index contributed by atoms with van der Waals surface area (Å²) in [7, 11) is 0. The number of carbonyl (C=O) groups is 1. The average molecular weight is 215 g/mol. The topological polar surface area (TPSA) is 20.3 Å². The highest BCUT2D eigenvalue weighted by Crippen LogP contribution is 2.40. The molecule has 0 N–H and O–H groups in total. The van der Waals surface area contributed by atoms with Crippen molar-refractivity contribution in [1.29, 1.82) is 0 Å². The Labute approximate surface area is 96.3 Å². The van der Waals surface area contributed by atoms with Crippen LogP contribution in [0.4, 0.5) is 0 Å². The molecule has 16 heavy (non-hydrogen) atoms. The second-order valence-corrected chi connectivity index (χ2v) is 4.91. The summed E-state index contributed by atoms with van der Waals surface area (Å²) < 4.78 is 0. The van der Waals surface area contributed by atoms with Gasteiger partial charge in [0.05, 0.1) is 0 Å². The molecule has 0 bridgehead atoms. The Morgan fingerprint density at radius 2 is 1.88 bits per heavy atom.